The highest BCUT2D eigenvalue weighted by Crippen LogP contribution is 2.33. The first-order chi connectivity index (χ1) is 9.99. The molecule has 4 heteroatoms. The van der Waals surface area contributed by atoms with Crippen LogP contribution in [0.1, 0.15) is 46.5 Å². The molecule has 1 saturated carbocycles. The standard InChI is InChI=1S/C17H25ClN2O/c1-4-17(21)19-13-7-8-14(18)16(10-13)20-15-9-11(2)5-6-12(15)3/h7-8,10-12,15,20H,4-6,9H2,1-3H3,(H,19,21). The Kier molecular flexibility index (Phi) is 5.51. The highest BCUT2D eigenvalue weighted by molar-refractivity contribution is 6.33. The fourth-order valence-electron chi connectivity index (χ4n) is 2.90. The van der Waals surface area contributed by atoms with Gasteiger partial charge in [0.1, 0.15) is 0 Å². The Morgan fingerprint density at radius 3 is 2.81 bits per heavy atom. The first kappa shape index (κ1) is 16.2. The van der Waals surface area contributed by atoms with E-state index in [1.165, 1.54) is 19.3 Å². The summed E-state index contributed by atoms with van der Waals surface area (Å²) in [7, 11) is 0. The minimum Gasteiger partial charge on any atom is -0.381 e. The van der Waals surface area contributed by atoms with Crippen molar-refractivity contribution in [3.63, 3.8) is 0 Å². The van der Waals surface area contributed by atoms with E-state index in [9.17, 15) is 4.79 Å². The van der Waals surface area contributed by atoms with Crippen molar-refractivity contribution in [2.24, 2.45) is 11.8 Å². The molecule has 0 aromatic heterocycles. The second kappa shape index (κ2) is 7.17. The molecule has 1 aliphatic carbocycles. The number of rotatable bonds is 4. The van der Waals surface area contributed by atoms with Crippen LogP contribution in [-0.2, 0) is 4.79 Å². The Bertz CT molecular complexity index is 504. The summed E-state index contributed by atoms with van der Waals surface area (Å²) in [5.41, 5.74) is 1.71. The molecule has 3 atom stereocenters. The van der Waals surface area contributed by atoms with Crippen LogP contribution in [0.2, 0.25) is 5.02 Å². The maximum Gasteiger partial charge on any atom is 0.224 e. The Balaban J connectivity index is 2.11. The van der Waals surface area contributed by atoms with E-state index in [1.807, 2.05) is 25.1 Å². The third kappa shape index (κ3) is 4.37. The Morgan fingerprint density at radius 1 is 1.33 bits per heavy atom. The van der Waals surface area contributed by atoms with Gasteiger partial charge in [0, 0.05) is 18.2 Å². The summed E-state index contributed by atoms with van der Waals surface area (Å²) in [5, 5.41) is 7.16. The van der Waals surface area contributed by atoms with E-state index < -0.39 is 0 Å². The van der Waals surface area contributed by atoms with Gasteiger partial charge in [-0.2, -0.15) is 0 Å². The maximum atomic E-state index is 11.5. The molecule has 1 aromatic carbocycles. The molecule has 0 heterocycles. The molecule has 0 aliphatic heterocycles. The number of anilines is 2. The van der Waals surface area contributed by atoms with Crippen LogP contribution in [0, 0.1) is 11.8 Å². The van der Waals surface area contributed by atoms with Crippen molar-refractivity contribution in [2.45, 2.75) is 52.5 Å². The highest BCUT2D eigenvalue weighted by atomic mass is 35.5. The summed E-state index contributed by atoms with van der Waals surface area (Å²) in [6.45, 7) is 6.44. The molecular formula is C17H25ClN2O. The lowest BCUT2D eigenvalue weighted by molar-refractivity contribution is -0.115. The van der Waals surface area contributed by atoms with Crippen LogP contribution < -0.4 is 10.6 Å². The highest BCUT2D eigenvalue weighted by Gasteiger charge is 2.25. The summed E-state index contributed by atoms with van der Waals surface area (Å²) < 4.78 is 0. The molecule has 2 N–H and O–H groups in total. The summed E-state index contributed by atoms with van der Waals surface area (Å²) in [4.78, 5) is 11.5. The normalized spacial score (nSPS) is 25.4. The number of hydrogen-bond acceptors (Lipinski definition) is 2. The van der Waals surface area contributed by atoms with Crippen LogP contribution in [0.5, 0.6) is 0 Å². The van der Waals surface area contributed by atoms with Gasteiger partial charge in [-0.3, -0.25) is 4.79 Å². The van der Waals surface area contributed by atoms with Gasteiger partial charge in [-0.15, -0.1) is 0 Å². The predicted molar refractivity (Wildman–Crippen MR) is 90.0 cm³/mol. The Labute approximate surface area is 132 Å². The molecule has 0 radical (unpaired) electrons. The van der Waals surface area contributed by atoms with Crippen LogP contribution in [-0.4, -0.2) is 11.9 Å². The third-order valence-electron chi connectivity index (χ3n) is 4.37. The number of halogens is 1. The molecular weight excluding hydrogens is 284 g/mol. The number of carbonyl (C=O) groups is 1. The lowest BCUT2D eigenvalue weighted by atomic mass is 9.80. The van der Waals surface area contributed by atoms with Crippen molar-refractivity contribution in [2.75, 3.05) is 10.6 Å². The topological polar surface area (TPSA) is 41.1 Å². The second-order valence-corrected chi connectivity index (χ2v) is 6.65. The molecule has 3 unspecified atom stereocenters. The van der Waals surface area contributed by atoms with E-state index in [1.54, 1.807) is 0 Å². The zero-order valence-corrected chi connectivity index (χ0v) is 13.8. The van der Waals surface area contributed by atoms with E-state index in [4.69, 9.17) is 11.6 Å². The van der Waals surface area contributed by atoms with Crippen molar-refractivity contribution in [3.05, 3.63) is 23.2 Å². The van der Waals surface area contributed by atoms with Crippen LogP contribution in [0.15, 0.2) is 18.2 Å². The van der Waals surface area contributed by atoms with Crippen molar-refractivity contribution < 1.29 is 4.79 Å². The van der Waals surface area contributed by atoms with Gasteiger partial charge in [-0.25, -0.2) is 0 Å². The molecule has 0 spiro atoms. The van der Waals surface area contributed by atoms with Gasteiger partial charge < -0.3 is 10.6 Å². The smallest absolute Gasteiger partial charge is 0.224 e. The van der Waals surface area contributed by atoms with Gasteiger partial charge in [0.05, 0.1) is 10.7 Å². The molecule has 3 nitrogen and oxygen atoms in total. The summed E-state index contributed by atoms with van der Waals surface area (Å²) in [6.07, 6.45) is 4.20. The lowest BCUT2D eigenvalue weighted by Crippen LogP contribution is -2.33. The zero-order valence-electron chi connectivity index (χ0n) is 13.1. The molecule has 1 fully saturated rings. The van der Waals surface area contributed by atoms with Crippen molar-refractivity contribution in [1.29, 1.82) is 0 Å². The molecule has 116 valence electrons. The van der Waals surface area contributed by atoms with E-state index in [-0.39, 0.29) is 5.91 Å². The summed E-state index contributed by atoms with van der Waals surface area (Å²) in [5.74, 6) is 1.41. The monoisotopic (exact) mass is 308 g/mol. The first-order valence-electron chi connectivity index (χ1n) is 7.85. The van der Waals surface area contributed by atoms with Gasteiger partial charge >= 0.3 is 0 Å². The average Bonchev–Trinajstić information content (AvgIpc) is 2.46. The van der Waals surface area contributed by atoms with Crippen LogP contribution in [0.3, 0.4) is 0 Å². The lowest BCUT2D eigenvalue weighted by Gasteiger charge is -2.34. The number of hydrogen-bond donors (Lipinski definition) is 2. The summed E-state index contributed by atoms with van der Waals surface area (Å²) in [6, 6.07) is 6.06. The molecule has 1 amide bonds. The van der Waals surface area contributed by atoms with Gasteiger partial charge in [0.15, 0.2) is 0 Å². The number of nitrogens with one attached hydrogen (secondary N) is 2. The van der Waals surface area contributed by atoms with E-state index >= 15 is 0 Å². The quantitative estimate of drug-likeness (QED) is 0.828. The zero-order chi connectivity index (χ0) is 15.4. The minimum absolute atomic E-state index is 0.0166. The van der Waals surface area contributed by atoms with Gasteiger partial charge in [0.2, 0.25) is 5.91 Å². The largest absolute Gasteiger partial charge is 0.381 e. The second-order valence-electron chi connectivity index (χ2n) is 6.24. The van der Waals surface area contributed by atoms with Crippen LogP contribution in [0.4, 0.5) is 11.4 Å². The van der Waals surface area contributed by atoms with Crippen LogP contribution in [0.25, 0.3) is 0 Å². The molecule has 1 aliphatic rings. The molecule has 0 bridgehead atoms. The van der Waals surface area contributed by atoms with Crippen molar-refractivity contribution in [1.82, 2.24) is 0 Å². The summed E-state index contributed by atoms with van der Waals surface area (Å²) >= 11 is 6.29. The SMILES string of the molecule is CCC(=O)Nc1ccc(Cl)c(NC2CC(C)CCC2C)c1. The number of benzene rings is 1. The third-order valence-corrected chi connectivity index (χ3v) is 4.70. The number of carbonyl (C=O) groups excluding carboxylic acids is 1. The fraction of sp³-hybridized carbons (Fsp3) is 0.588. The van der Waals surface area contributed by atoms with Gasteiger partial charge in [-0.1, -0.05) is 38.8 Å². The average molecular weight is 309 g/mol. The van der Waals surface area contributed by atoms with E-state index in [0.717, 1.165) is 17.3 Å². The van der Waals surface area contributed by atoms with E-state index in [0.29, 0.717) is 23.4 Å². The first-order valence-corrected chi connectivity index (χ1v) is 8.23. The van der Waals surface area contributed by atoms with Crippen molar-refractivity contribution >= 4 is 28.9 Å². The van der Waals surface area contributed by atoms with Crippen molar-refractivity contribution in [3.8, 4) is 0 Å². The molecule has 0 saturated heterocycles. The van der Waals surface area contributed by atoms with Crippen LogP contribution >= 0.6 is 11.6 Å². The minimum atomic E-state index is 0.0166. The molecule has 2 rings (SSSR count). The Hall–Kier alpha value is -1.22. The number of amides is 1. The van der Waals surface area contributed by atoms with E-state index in [2.05, 4.69) is 24.5 Å². The molecule has 1 aromatic rings. The predicted octanol–water partition coefficient (Wildman–Crippen LogP) is 4.93. The fourth-order valence-corrected chi connectivity index (χ4v) is 3.07. The van der Waals surface area contributed by atoms with Gasteiger partial charge in [-0.05, 0) is 42.9 Å². The maximum absolute atomic E-state index is 11.5. The van der Waals surface area contributed by atoms with Gasteiger partial charge in [0.25, 0.3) is 0 Å². The Morgan fingerprint density at radius 2 is 2.10 bits per heavy atom. The molecule has 21 heavy (non-hydrogen) atoms.